The van der Waals surface area contributed by atoms with E-state index in [-0.39, 0.29) is 18.0 Å². The van der Waals surface area contributed by atoms with Crippen LogP contribution in [-0.4, -0.2) is 26.2 Å². The zero-order chi connectivity index (χ0) is 10.6. The monoisotopic (exact) mass is 218 g/mol. The van der Waals surface area contributed by atoms with E-state index in [1.807, 2.05) is 0 Å². The molecule has 0 aromatic heterocycles. The van der Waals surface area contributed by atoms with Gasteiger partial charge in [0, 0.05) is 19.1 Å². The van der Waals surface area contributed by atoms with Gasteiger partial charge >= 0.3 is 0 Å². The van der Waals surface area contributed by atoms with Crippen LogP contribution in [0.2, 0.25) is 0 Å². The summed E-state index contributed by atoms with van der Waals surface area (Å²) in [6, 6.07) is 0. The molecule has 0 aliphatic heterocycles. The summed E-state index contributed by atoms with van der Waals surface area (Å²) in [4.78, 5) is 11.4. The van der Waals surface area contributed by atoms with E-state index in [1.54, 1.807) is 0 Å². The maximum absolute atomic E-state index is 11.4. The molecule has 0 N–H and O–H groups in total. The summed E-state index contributed by atoms with van der Waals surface area (Å²) in [5.74, 6) is 0.655. The van der Waals surface area contributed by atoms with E-state index in [1.165, 1.54) is 19.1 Å². The van der Waals surface area contributed by atoms with Gasteiger partial charge in [0.2, 0.25) is 0 Å². The summed E-state index contributed by atoms with van der Waals surface area (Å²) in [7, 11) is -2.97. The van der Waals surface area contributed by atoms with Gasteiger partial charge in [-0.05, 0) is 5.92 Å². The van der Waals surface area contributed by atoms with Crippen molar-refractivity contribution in [2.45, 2.75) is 38.5 Å². The summed E-state index contributed by atoms with van der Waals surface area (Å²) >= 11 is 0. The molecule has 1 fully saturated rings. The van der Waals surface area contributed by atoms with Crippen LogP contribution in [0.15, 0.2) is 0 Å². The number of carbonyl (C=O) groups excluding carboxylic acids is 1. The Kier molecular flexibility index (Phi) is 4.11. The second-order valence-electron chi connectivity index (χ2n) is 4.27. The molecule has 1 aliphatic carbocycles. The molecule has 0 spiro atoms. The Morgan fingerprint density at radius 2 is 1.86 bits per heavy atom. The minimum absolute atomic E-state index is 0.0125. The molecule has 1 saturated carbocycles. The summed E-state index contributed by atoms with van der Waals surface area (Å²) < 4.78 is 21.6. The average Bonchev–Trinajstić information content (AvgIpc) is 2.52. The van der Waals surface area contributed by atoms with Crippen molar-refractivity contribution in [2.24, 2.45) is 5.92 Å². The molecule has 0 aromatic rings. The SMILES string of the molecule is CS(=O)(=O)CCC(=O)CC1CCCC1. The lowest BCUT2D eigenvalue weighted by Gasteiger charge is -2.06. The van der Waals surface area contributed by atoms with E-state index >= 15 is 0 Å². The fourth-order valence-electron chi connectivity index (χ4n) is 1.94. The number of carbonyl (C=O) groups is 1. The van der Waals surface area contributed by atoms with Gasteiger partial charge in [-0.1, -0.05) is 25.7 Å². The smallest absolute Gasteiger partial charge is 0.147 e. The number of rotatable bonds is 5. The van der Waals surface area contributed by atoms with Gasteiger partial charge in [0.05, 0.1) is 5.75 Å². The first-order valence-corrected chi connectivity index (χ1v) is 7.23. The van der Waals surface area contributed by atoms with E-state index in [4.69, 9.17) is 0 Å². The standard InChI is InChI=1S/C10H18O3S/c1-14(12,13)7-6-10(11)8-9-4-2-3-5-9/h9H,2-8H2,1H3. The van der Waals surface area contributed by atoms with Crippen molar-refractivity contribution in [3.63, 3.8) is 0 Å². The predicted molar refractivity (Wildman–Crippen MR) is 55.9 cm³/mol. The molecule has 1 aliphatic rings. The van der Waals surface area contributed by atoms with E-state index in [0.717, 1.165) is 12.8 Å². The quantitative estimate of drug-likeness (QED) is 0.704. The van der Waals surface area contributed by atoms with Crippen molar-refractivity contribution in [1.82, 2.24) is 0 Å². The van der Waals surface area contributed by atoms with Gasteiger partial charge in [0.25, 0.3) is 0 Å². The Bertz CT molecular complexity index is 286. The summed E-state index contributed by atoms with van der Waals surface area (Å²) in [6.07, 6.45) is 6.71. The molecule has 0 bridgehead atoms. The molecule has 82 valence electrons. The number of sulfone groups is 1. The van der Waals surface area contributed by atoms with Crippen LogP contribution in [0, 0.1) is 5.92 Å². The highest BCUT2D eigenvalue weighted by Crippen LogP contribution is 2.27. The molecule has 3 nitrogen and oxygen atoms in total. The summed E-state index contributed by atoms with van der Waals surface area (Å²) in [5.41, 5.74) is 0. The van der Waals surface area contributed by atoms with Crippen molar-refractivity contribution in [2.75, 3.05) is 12.0 Å². The fraction of sp³-hybridized carbons (Fsp3) is 0.900. The predicted octanol–water partition coefficient (Wildman–Crippen LogP) is 1.57. The largest absolute Gasteiger partial charge is 0.300 e. The Morgan fingerprint density at radius 3 is 2.36 bits per heavy atom. The van der Waals surface area contributed by atoms with Crippen molar-refractivity contribution in [1.29, 1.82) is 0 Å². The van der Waals surface area contributed by atoms with Gasteiger partial charge < -0.3 is 0 Å². The highest BCUT2D eigenvalue weighted by atomic mass is 32.2. The van der Waals surface area contributed by atoms with Gasteiger partial charge in [-0.2, -0.15) is 0 Å². The molecule has 0 amide bonds. The first-order valence-electron chi connectivity index (χ1n) is 5.17. The van der Waals surface area contributed by atoms with E-state index in [9.17, 15) is 13.2 Å². The fourth-order valence-corrected chi connectivity index (χ4v) is 2.54. The topological polar surface area (TPSA) is 51.2 Å². The molecule has 14 heavy (non-hydrogen) atoms. The zero-order valence-corrected chi connectivity index (χ0v) is 9.48. The first kappa shape index (κ1) is 11.7. The van der Waals surface area contributed by atoms with Crippen LogP contribution < -0.4 is 0 Å². The molecule has 0 unspecified atom stereocenters. The Hall–Kier alpha value is -0.380. The molecular formula is C10H18O3S. The van der Waals surface area contributed by atoms with Gasteiger partial charge in [-0.3, -0.25) is 4.79 Å². The molecule has 0 saturated heterocycles. The Morgan fingerprint density at radius 1 is 1.29 bits per heavy atom. The van der Waals surface area contributed by atoms with Gasteiger partial charge in [-0.15, -0.1) is 0 Å². The van der Waals surface area contributed by atoms with E-state index < -0.39 is 9.84 Å². The van der Waals surface area contributed by atoms with Crippen molar-refractivity contribution in [3.05, 3.63) is 0 Å². The third kappa shape index (κ3) is 4.74. The highest BCUT2D eigenvalue weighted by Gasteiger charge is 2.18. The lowest BCUT2D eigenvalue weighted by molar-refractivity contribution is -0.119. The number of ketones is 1. The van der Waals surface area contributed by atoms with Crippen LogP contribution in [-0.2, 0) is 14.6 Å². The third-order valence-corrected chi connectivity index (χ3v) is 3.69. The number of Topliss-reactive ketones (excluding diaryl/α,β-unsaturated/α-hetero) is 1. The number of hydrogen-bond donors (Lipinski definition) is 0. The minimum atomic E-state index is -2.97. The van der Waals surface area contributed by atoms with Crippen LogP contribution in [0.25, 0.3) is 0 Å². The van der Waals surface area contributed by atoms with Crippen LogP contribution >= 0.6 is 0 Å². The highest BCUT2D eigenvalue weighted by molar-refractivity contribution is 7.90. The summed E-state index contributed by atoms with van der Waals surface area (Å²) in [6.45, 7) is 0. The molecule has 0 radical (unpaired) electrons. The molecule has 4 heteroatoms. The van der Waals surface area contributed by atoms with E-state index in [0.29, 0.717) is 12.3 Å². The van der Waals surface area contributed by atoms with Crippen molar-refractivity contribution >= 4 is 15.6 Å². The lowest BCUT2D eigenvalue weighted by atomic mass is 10.0. The minimum Gasteiger partial charge on any atom is -0.300 e. The second-order valence-corrected chi connectivity index (χ2v) is 6.53. The Labute approximate surface area is 85.8 Å². The second kappa shape index (κ2) is 4.91. The van der Waals surface area contributed by atoms with Gasteiger partial charge in [0.15, 0.2) is 0 Å². The normalized spacial score (nSPS) is 18.6. The van der Waals surface area contributed by atoms with Gasteiger partial charge in [0.1, 0.15) is 15.6 Å². The van der Waals surface area contributed by atoms with Crippen LogP contribution in [0.5, 0.6) is 0 Å². The third-order valence-electron chi connectivity index (χ3n) is 2.74. The lowest BCUT2D eigenvalue weighted by Crippen LogP contribution is -2.11. The average molecular weight is 218 g/mol. The zero-order valence-electron chi connectivity index (χ0n) is 8.66. The maximum atomic E-state index is 11.4. The maximum Gasteiger partial charge on any atom is 0.147 e. The molecule has 0 aromatic carbocycles. The first-order chi connectivity index (χ1) is 6.47. The van der Waals surface area contributed by atoms with Gasteiger partial charge in [-0.25, -0.2) is 8.42 Å². The Balaban J connectivity index is 2.22. The van der Waals surface area contributed by atoms with E-state index in [2.05, 4.69) is 0 Å². The van der Waals surface area contributed by atoms with Crippen molar-refractivity contribution in [3.8, 4) is 0 Å². The molecule has 1 rings (SSSR count). The molecule has 0 atom stereocenters. The van der Waals surface area contributed by atoms with Crippen LogP contribution in [0.4, 0.5) is 0 Å². The molecule has 0 heterocycles. The molecular weight excluding hydrogens is 200 g/mol. The summed E-state index contributed by atoms with van der Waals surface area (Å²) in [5, 5.41) is 0. The van der Waals surface area contributed by atoms with Crippen molar-refractivity contribution < 1.29 is 13.2 Å². The number of hydrogen-bond acceptors (Lipinski definition) is 3. The van der Waals surface area contributed by atoms with Crippen LogP contribution in [0.1, 0.15) is 38.5 Å². The van der Waals surface area contributed by atoms with Crippen LogP contribution in [0.3, 0.4) is 0 Å².